The molecule has 0 bridgehead atoms. The van der Waals surface area contributed by atoms with Crippen LogP contribution in [0.15, 0.2) is 11.8 Å². The summed E-state index contributed by atoms with van der Waals surface area (Å²) in [4.78, 5) is 11.0. The summed E-state index contributed by atoms with van der Waals surface area (Å²) in [6.45, 7) is 2.98. The molecule has 60 valence electrons. The van der Waals surface area contributed by atoms with Crippen molar-refractivity contribution in [2.45, 2.75) is 19.8 Å². The molecule has 0 radical (unpaired) electrons. The second kappa shape index (κ2) is 2.36. The van der Waals surface area contributed by atoms with E-state index >= 15 is 0 Å². The van der Waals surface area contributed by atoms with Gasteiger partial charge in [-0.15, -0.1) is 0 Å². The summed E-state index contributed by atoms with van der Waals surface area (Å²) in [5.74, 6) is 2.20. The molecule has 0 amide bonds. The summed E-state index contributed by atoms with van der Waals surface area (Å²) in [6.07, 6.45) is 3.44. The van der Waals surface area contributed by atoms with E-state index in [9.17, 15) is 4.79 Å². The molecular formula is C9H12O2. The van der Waals surface area contributed by atoms with Crippen LogP contribution in [0.3, 0.4) is 0 Å². The maximum atomic E-state index is 11.0. The van der Waals surface area contributed by atoms with Crippen molar-refractivity contribution in [3.05, 3.63) is 11.8 Å². The molecule has 0 aromatic rings. The van der Waals surface area contributed by atoms with Crippen LogP contribution in [-0.4, -0.2) is 12.4 Å². The third kappa shape index (κ3) is 1.06. The van der Waals surface area contributed by atoms with Crippen molar-refractivity contribution in [2.24, 2.45) is 11.8 Å². The fourth-order valence-electron chi connectivity index (χ4n) is 1.84. The van der Waals surface area contributed by atoms with E-state index in [1.165, 1.54) is 0 Å². The van der Waals surface area contributed by atoms with Gasteiger partial charge in [0.2, 0.25) is 0 Å². The first kappa shape index (κ1) is 6.89. The molecule has 2 rings (SSSR count). The van der Waals surface area contributed by atoms with Crippen LogP contribution in [0, 0.1) is 11.8 Å². The Balaban J connectivity index is 2.20. The van der Waals surface area contributed by atoms with Crippen molar-refractivity contribution in [3.63, 3.8) is 0 Å². The highest BCUT2D eigenvalue weighted by Gasteiger charge is 2.33. The number of carbonyl (C=O) groups is 1. The molecule has 0 aromatic heterocycles. The molecule has 0 N–H and O–H groups in total. The molecule has 11 heavy (non-hydrogen) atoms. The van der Waals surface area contributed by atoms with Crippen LogP contribution >= 0.6 is 0 Å². The van der Waals surface area contributed by atoms with Crippen LogP contribution in [-0.2, 0) is 9.53 Å². The van der Waals surface area contributed by atoms with Gasteiger partial charge < -0.3 is 4.74 Å². The van der Waals surface area contributed by atoms with Crippen LogP contribution < -0.4 is 0 Å². The SMILES string of the molecule is C[C@@H]1CCOC2=CC(=O)C[C@H]21. The van der Waals surface area contributed by atoms with Gasteiger partial charge in [-0.2, -0.15) is 0 Å². The van der Waals surface area contributed by atoms with Gasteiger partial charge in [0.05, 0.1) is 6.61 Å². The Morgan fingerprint density at radius 1 is 1.64 bits per heavy atom. The number of fused-ring (bicyclic) bond motifs is 1. The Morgan fingerprint density at radius 3 is 3.18 bits per heavy atom. The maximum absolute atomic E-state index is 11.0. The lowest BCUT2D eigenvalue weighted by atomic mass is 9.88. The predicted molar refractivity (Wildman–Crippen MR) is 40.9 cm³/mol. The van der Waals surface area contributed by atoms with E-state index in [1.54, 1.807) is 6.08 Å². The van der Waals surface area contributed by atoms with E-state index in [1.807, 2.05) is 0 Å². The largest absolute Gasteiger partial charge is 0.497 e. The van der Waals surface area contributed by atoms with E-state index in [4.69, 9.17) is 4.74 Å². The molecular weight excluding hydrogens is 140 g/mol. The van der Waals surface area contributed by atoms with Crippen molar-refractivity contribution in [1.29, 1.82) is 0 Å². The second-order valence-electron chi connectivity index (χ2n) is 3.44. The van der Waals surface area contributed by atoms with Gasteiger partial charge in [-0.3, -0.25) is 4.79 Å². The lowest BCUT2D eigenvalue weighted by Gasteiger charge is -2.27. The average molecular weight is 152 g/mol. The first-order valence-corrected chi connectivity index (χ1v) is 4.14. The van der Waals surface area contributed by atoms with Crippen LogP contribution in [0.5, 0.6) is 0 Å². The van der Waals surface area contributed by atoms with E-state index in [2.05, 4.69) is 6.92 Å². The van der Waals surface area contributed by atoms with Gasteiger partial charge in [-0.05, 0) is 12.3 Å². The topological polar surface area (TPSA) is 26.3 Å². The molecule has 2 atom stereocenters. The normalized spacial score (nSPS) is 36.1. The van der Waals surface area contributed by atoms with Gasteiger partial charge in [0.1, 0.15) is 5.76 Å². The second-order valence-corrected chi connectivity index (χ2v) is 3.44. The fourth-order valence-corrected chi connectivity index (χ4v) is 1.84. The Hall–Kier alpha value is -0.790. The first-order chi connectivity index (χ1) is 5.27. The fraction of sp³-hybridized carbons (Fsp3) is 0.667. The summed E-state index contributed by atoms with van der Waals surface area (Å²) in [6, 6.07) is 0. The van der Waals surface area contributed by atoms with Crippen LogP contribution in [0.2, 0.25) is 0 Å². The highest BCUT2D eigenvalue weighted by molar-refractivity contribution is 5.93. The van der Waals surface area contributed by atoms with E-state index < -0.39 is 0 Å². The summed E-state index contributed by atoms with van der Waals surface area (Å²) in [5, 5.41) is 0. The quantitative estimate of drug-likeness (QED) is 0.526. The molecule has 0 unspecified atom stereocenters. The van der Waals surface area contributed by atoms with E-state index in [0.29, 0.717) is 18.3 Å². The van der Waals surface area contributed by atoms with Crippen molar-refractivity contribution >= 4 is 5.78 Å². The first-order valence-electron chi connectivity index (χ1n) is 4.14. The number of rotatable bonds is 0. The van der Waals surface area contributed by atoms with E-state index in [0.717, 1.165) is 18.8 Å². The highest BCUT2D eigenvalue weighted by Crippen LogP contribution is 2.36. The van der Waals surface area contributed by atoms with Gasteiger partial charge in [0, 0.05) is 18.4 Å². The Labute approximate surface area is 66.2 Å². The summed E-state index contributed by atoms with van der Waals surface area (Å²) in [7, 11) is 0. The number of hydrogen-bond acceptors (Lipinski definition) is 2. The summed E-state index contributed by atoms with van der Waals surface area (Å²) in [5.41, 5.74) is 0. The number of ether oxygens (including phenoxy) is 1. The van der Waals surface area contributed by atoms with Gasteiger partial charge in [-0.25, -0.2) is 0 Å². The van der Waals surface area contributed by atoms with Gasteiger partial charge in [0.15, 0.2) is 5.78 Å². The minimum Gasteiger partial charge on any atom is -0.497 e. The third-order valence-corrected chi connectivity index (χ3v) is 2.62. The molecule has 1 fully saturated rings. The zero-order chi connectivity index (χ0) is 7.84. The van der Waals surface area contributed by atoms with E-state index in [-0.39, 0.29) is 5.78 Å². The van der Waals surface area contributed by atoms with Gasteiger partial charge >= 0.3 is 0 Å². The molecule has 0 aromatic carbocycles. The number of ketones is 1. The molecule has 2 nitrogen and oxygen atoms in total. The molecule has 0 spiro atoms. The van der Waals surface area contributed by atoms with Gasteiger partial charge in [0.25, 0.3) is 0 Å². The smallest absolute Gasteiger partial charge is 0.159 e. The zero-order valence-corrected chi connectivity index (χ0v) is 6.67. The predicted octanol–water partition coefficient (Wildman–Crippen LogP) is 1.52. The number of allylic oxidation sites excluding steroid dienone is 2. The third-order valence-electron chi connectivity index (χ3n) is 2.62. The minimum absolute atomic E-state index is 0.235. The number of carbonyl (C=O) groups excluding carboxylic acids is 1. The molecule has 2 aliphatic rings. The van der Waals surface area contributed by atoms with Crippen LogP contribution in [0.1, 0.15) is 19.8 Å². The van der Waals surface area contributed by atoms with Crippen LogP contribution in [0.4, 0.5) is 0 Å². The molecule has 1 aliphatic carbocycles. The van der Waals surface area contributed by atoms with Crippen molar-refractivity contribution < 1.29 is 9.53 Å². The van der Waals surface area contributed by atoms with Gasteiger partial charge in [-0.1, -0.05) is 6.92 Å². The Kier molecular flexibility index (Phi) is 1.48. The van der Waals surface area contributed by atoms with Crippen LogP contribution in [0.25, 0.3) is 0 Å². The highest BCUT2D eigenvalue weighted by atomic mass is 16.5. The summed E-state index contributed by atoms with van der Waals surface area (Å²) < 4.78 is 5.38. The maximum Gasteiger partial charge on any atom is 0.159 e. The monoisotopic (exact) mass is 152 g/mol. The Morgan fingerprint density at radius 2 is 2.45 bits per heavy atom. The molecule has 1 aliphatic heterocycles. The molecule has 2 heteroatoms. The average Bonchev–Trinajstić information content (AvgIpc) is 2.31. The molecule has 1 heterocycles. The van der Waals surface area contributed by atoms with Crippen molar-refractivity contribution in [1.82, 2.24) is 0 Å². The minimum atomic E-state index is 0.235. The van der Waals surface area contributed by atoms with Crippen molar-refractivity contribution in [2.75, 3.05) is 6.61 Å². The molecule has 1 saturated heterocycles. The lowest BCUT2D eigenvalue weighted by Crippen LogP contribution is -2.21. The molecule has 0 saturated carbocycles. The van der Waals surface area contributed by atoms with Crippen molar-refractivity contribution in [3.8, 4) is 0 Å². The Bertz CT molecular complexity index is 218. The zero-order valence-electron chi connectivity index (χ0n) is 6.67. The lowest BCUT2D eigenvalue weighted by molar-refractivity contribution is -0.114. The summed E-state index contributed by atoms with van der Waals surface area (Å²) >= 11 is 0. The number of hydrogen-bond donors (Lipinski definition) is 0. The standard InChI is InChI=1S/C9H12O2/c1-6-2-3-11-9-5-7(10)4-8(6)9/h5-6,8H,2-4H2,1H3/t6-,8+/m1/s1.